The van der Waals surface area contributed by atoms with Crippen molar-refractivity contribution in [2.24, 2.45) is 0 Å². The molecule has 1 fully saturated rings. The number of halogens is 3. The zero-order valence-corrected chi connectivity index (χ0v) is 14.5. The Labute approximate surface area is 144 Å². The van der Waals surface area contributed by atoms with E-state index in [1.807, 2.05) is 0 Å². The Morgan fingerprint density at radius 2 is 1.87 bits per heavy atom. The van der Waals surface area contributed by atoms with Crippen LogP contribution in [0.25, 0.3) is 10.9 Å². The van der Waals surface area contributed by atoms with Crippen molar-refractivity contribution in [1.82, 2.24) is 20.3 Å². The van der Waals surface area contributed by atoms with Crippen molar-refractivity contribution in [3.05, 3.63) is 22.5 Å². The van der Waals surface area contributed by atoms with Crippen LogP contribution >= 0.6 is 23.2 Å². The van der Waals surface area contributed by atoms with Gasteiger partial charge in [-0.25, -0.2) is 14.4 Å². The first kappa shape index (κ1) is 16.6. The van der Waals surface area contributed by atoms with Gasteiger partial charge < -0.3 is 10.2 Å². The van der Waals surface area contributed by atoms with Gasteiger partial charge in [-0.2, -0.15) is 4.98 Å². The van der Waals surface area contributed by atoms with Crippen molar-refractivity contribution < 1.29 is 4.39 Å². The maximum absolute atomic E-state index is 14.2. The summed E-state index contributed by atoms with van der Waals surface area (Å²) < 4.78 is 14.2. The zero-order valence-electron chi connectivity index (χ0n) is 13.0. The first-order chi connectivity index (χ1) is 11.0. The lowest BCUT2D eigenvalue weighted by molar-refractivity contribution is 0.356. The number of fused-ring (bicyclic) bond motifs is 1. The SMILES string of the molecule is CCC1CN(c2nc(Cl)nc3c(F)c(Cl)ncc23)CC(CC)N1. The van der Waals surface area contributed by atoms with Crippen molar-refractivity contribution in [2.45, 2.75) is 38.8 Å². The lowest BCUT2D eigenvalue weighted by atomic mass is 10.1. The Bertz CT molecular complexity index is 715. The maximum Gasteiger partial charge on any atom is 0.225 e. The highest BCUT2D eigenvalue weighted by atomic mass is 35.5. The molecule has 0 amide bonds. The summed E-state index contributed by atoms with van der Waals surface area (Å²) in [4.78, 5) is 14.3. The maximum atomic E-state index is 14.2. The average molecular weight is 358 g/mol. The summed E-state index contributed by atoms with van der Waals surface area (Å²) in [6.07, 6.45) is 3.51. The lowest BCUT2D eigenvalue weighted by Crippen LogP contribution is -2.56. The largest absolute Gasteiger partial charge is 0.353 e. The Kier molecular flexibility index (Phi) is 4.85. The molecule has 8 heteroatoms. The van der Waals surface area contributed by atoms with E-state index in [1.165, 1.54) is 6.20 Å². The molecule has 1 N–H and O–H groups in total. The van der Waals surface area contributed by atoms with Gasteiger partial charge in [0.15, 0.2) is 11.0 Å². The van der Waals surface area contributed by atoms with E-state index in [1.54, 1.807) is 0 Å². The first-order valence-electron chi connectivity index (χ1n) is 7.71. The molecule has 1 aliphatic rings. The van der Waals surface area contributed by atoms with Crippen LogP contribution in [-0.2, 0) is 0 Å². The fourth-order valence-corrected chi connectivity index (χ4v) is 3.25. The number of hydrogen-bond donors (Lipinski definition) is 1. The molecule has 0 spiro atoms. The van der Waals surface area contributed by atoms with E-state index in [-0.39, 0.29) is 16.0 Å². The number of rotatable bonds is 3. The smallest absolute Gasteiger partial charge is 0.225 e. The zero-order chi connectivity index (χ0) is 16.6. The van der Waals surface area contributed by atoms with Crippen molar-refractivity contribution >= 4 is 39.9 Å². The molecule has 2 aromatic heterocycles. The van der Waals surface area contributed by atoms with E-state index in [4.69, 9.17) is 23.2 Å². The lowest BCUT2D eigenvalue weighted by Gasteiger charge is -2.39. The minimum atomic E-state index is -0.663. The van der Waals surface area contributed by atoms with Gasteiger partial charge in [-0.1, -0.05) is 25.4 Å². The number of anilines is 1. The van der Waals surface area contributed by atoms with Gasteiger partial charge in [0.05, 0.1) is 5.39 Å². The average Bonchev–Trinajstić information content (AvgIpc) is 2.57. The predicted octanol–water partition coefficient (Wildman–Crippen LogP) is 3.44. The van der Waals surface area contributed by atoms with Crippen molar-refractivity contribution in [1.29, 1.82) is 0 Å². The minimum Gasteiger partial charge on any atom is -0.353 e. The van der Waals surface area contributed by atoms with Crippen LogP contribution in [0.2, 0.25) is 10.4 Å². The molecule has 0 aromatic carbocycles. The molecule has 2 atom stereocenters. The summed E-state index contributed by atoms with van der Waals surface area (Å²) in [6.45, 7) is 5.83. The number of aromatic nitrogens is 3. The molecule has 1 saturated heterocycles. The van der Waals surface area contributed by atoms with Crippen molar-refractivity contribution in [2.75, 3.05) is 18.0 Å². The first-order valence-corrected chi connectivity index (χ1v) is 8.47. The predicted molar refractivity (Wildman–Crippen MR) is 90.8 cm³/mol. The Balaban J connectivity index is 2.09. The van der Waals surface area contributed by atoms with Crippen LogP contribution < -0.4 is 10.2 Å². The molecule has 0 radical (unpaired) electrons. The van der Waals surface area contributed by atoms with Crippen LogP contribution in [0.3, 0.4) is 0 Å². The summed E-state index contributed by atoms with van der Waals surface area (Å²) in [6, 6.07) is 0.699. The van der Waals surface area contributed by atoms with Gasteiger partial charge in [0.25, 0.3) is 0 Å². The Hall–Kier alpha value is -1.24. The molecule has 3 rings (SSSR count). The third-order valence-corrected chi connectivity index (χ3v) is 4.66. The van der Waals surface area contributed by atoms with E-state index in [0.29, 0.717) is 23.3 Å². The van der Waals surface area contributed by atoms with Crippen LogP contribution in [0.4, 0.5) is 10.2 Å². The summed E-state index contributed by atoms with van der Waals surface area (Å²) in [5, 5.41) is 3.93. The van der Waals surface area contributed by atoms with Gasteiger partial charge in [-0.3, -0.25) is 0 Å². The molecule has 0 aliphatic carbocycles. The second-order valence-electron chi connectivity index (χ2n) is 5.72. The summed E-state index contributed by atoms with van der Waals surface area (Å²) >= 11 is 11.8. The number of pyridine rings is 1. The van der Waals surface area contributed by atoms with Gasteiger partial charge in [0, 0.05) is 31.4 Å². The standard InChI is InChI=1S/C15H18Cl2FN5/c1-3-8-6-23(7-9(4-2)20-8)14-10-5-19-13(16)11(18)12(10)21-15(17)22-14/h5,8-9,20H,3-4,6-7H2,1-2H3. The second-order valence-corrected chi connectivity index (χ2v) is 6.42. The van der Waals surface area contributed by atoms with Gasteiger partial charge in [0.1, 0.15) is 11.3 Å². The summed E-state index contributed by atoms with van der Waals surface area (Å²) in [7, 11) is 0. The van der Waals surface area contributed by atoms with Gasteiger partial charge in [-0.05, 0) is 24.4 Å². The van der Waals surface area contributed by atoms with Crippen LogP contribution in [0, 0.1) is 5.82 Å². The molecule has 2 aromatic rings. The second kappa shape index (κ2) is 6.71. The van der Waals surface area contributed by atoms with Crippen LogP contribution in [-0.4, -0.2) is 40.1 Å². The quantitative estimate of drug-likeness (QED) is 0.673. The third kappa shape index (κ3) is 3.20. The van der Waals surface area contributed by atoms with E-state index < -0.39 is 5.82 Å². The van der Waals surface area contributed by atoms with Crippen molar-refractivity contribution in [3.63, 3.8) is 0 Å². The van der Waals surface area contributed by atoms with Crippen LogP contribution in [0.1, 0.15) is 26.7 Å². The third-order valence-electron chi connectivity index (χ3n) is 4.23. The Morgan fingerprint density at radius 1 is 1.22 bits per heavy atom. The van der Waals surface area contributed by atoms with E-state index in [9.17, 15) is 4.39 Å². The Morgan fingerprint density at radius 3 is 2.48 bits per heavy atom. The topological polar surface area (TPSA) is 53.9 Å². The molecule has 2 unspecified atom stereocenters. The van der Waals surface area contributed by atoms with E-state index >= 15 is 0 Å². The van der Waals surface area contributed by atoms with Crippen LogP contribution in [0.15, 0.2) is 6.20 Å². The van der Waals surface area contributed by atoms with E-state index in [2.05, 4.69) is 39.0 Å². The molecule has 124 valence electrons. The molecule has 0 bridgehead atoms. The van der Waals surface area contributed by atoms with Gasteiger partial charge in [0.2, 0.25) is 5.28 Å². The highest BCUT2D eigenvalue weighted by molar-refractivity contribution is 6.30. The molecular weight excluding hydrogens is 340 g/mol. The highest BCUT2D eigenvalue weighted by Crippen LogP contribution is 2.30. The van der Waals surface area contributed by atoms with Gasteiger partial charge in [-0.15, -0.1) is 0 Å². The molecule has 1 aliphatic heterocycles. The normalized spacial score (nSPS) is 21.9. The number of nitrogens with zero attached hydrogens (tertiary/aromatic N) is 4. The van der Waals surface area contributed by atoms with Gasteiger partial charge >= 0.3 is 0 Å². The number of piperazine rings is 1. The monoisotopic (exact) mass is 357 g/mol. The fourth-order valence-electron chi connectivity index (χ4n) is 2.95. The van der Waals surface area contributed by atoms with Crippen LogP contribution in [0.5, 0.6) is 0 Å². The van der Waals surface area contributed by atoms with E-state index in [0.717, 1.165) is 25.9 Å². The number of hydrogen-bond acceptors (Lipinski definition) is 5. The summed E-state index contributed by atoms with van der Waals surface area (Å²) in [5.41, 5.74) is 0.111. The number of nitrogens with one attached hydrogen (secondary N) is 1. The molecule has 5 nitrogen and oxygen atoms in total. The molecule has 23 heavy (non-hydrogen) atoms. The molecule has 3 heterocycles. The van der Waals surface area contributed by atoms with Crippen molar-refractivity contribution in [3.8, 4) is 0 Å². The summed E-state index contributed by atoms with van der Waals surface area (Å²) in [5.74, 6) is -0.0506. The highest BCUT2D eigenvalue weighted by Gasteiger charge is 2.27. The molecular formula is C15H18Cl2FN5. The minimum absolute atomic E-state index is 0.00768. The molecule has 0 saturated carbocycles. The fraction of sp³-hybridized carbons (Fsp3) is 0.533.